The van der Waals surface area contributed by atoms with Gasteiger partial charge in [0.15, 0.2) is 18.6 Å². The highest BCUT2D eigenvalue weighted by Gasteiger charge is 2.24. The van der Waals surface area contributed by atoms with Crippen LogP contribution < -0.4 is 13.7 Å². The van der Waals surface area contributed by atoms with Gasteiger partial charge >= 0.3 is 0 Å². The predicted octanol–water partition coefficient (Wildman–Crippen LogP) is 17.9. The molecule has 412 valence electrons. The van der Waals surface area contributed by atoms with E-state index in [4.69, 9.17) is 0 Å². The third kappa shape index (κ3) is 8.90. The first-order chi connectivity index (χ1) is 41.3. The molecule has 0 amide bonds. The highest BCUT2D eigenvalue weighted by molar-refractivity contribution is 6.23. The smallest absolute Gasteiger partial charge is 0.214 e. The first-order valence-corrected chi connectivity index (χ1v) is 29.5. The van der Waals surface area contributed by atoms with Crippen molar-refractivity contribution in [3.8, 4) is 39.5 Å². The molecule has 0 radical (unpaired) electrons. The van der Waals surface area contributed by atoms with Gasteiger partial charge < -0.3 is 13.7 Å². The zero-order valence-electron chi connectivity index (χ0n) is 50.2. The van der Waals surface area contributed by atoms with Crippen molar-refractivity contribution in [2.75, 3.05) is 0 Å². The monoisotopic (exact) mass is 1100 g/mol. The summed E-state index contributed by atoms with van der Waals surface area (Å²) in [6, 6.07) is 79.3. The third-order valence-electron chi connectivity index (χ3n) is 18.0. The maximum atomic E-state index is 2.41. The lowest BCUT2D eigenvalue weighted by Gasteiger charge is -2.09. The lowest BCUT2D eigenvalue weighted by Crippen LogP contribution is -2.30. The Morgan fingerprint density at radius 2 is 0.718 bits per heavy atom. The first kappa shape index (κ1) is 52.9. The van der Waals surface area contributed by atoms with E-state index in [1.165, 1.54) is 165 Å². The number of nitrogens with zero attached hydrogens (tertiary/aromatic N) is 6. The molecule has 0 saturated carbocycles. The van der Waals surface area contributed by atoms with Crippen molar-refractivity contribution in [3.63, 3.8) is 0 Å². The minimum absolute atomic E-state index is 1.18. The molecule has 16 aromatic rings. The van der Waals surface area contributed by atoms with Gasteiger partial charge in [0.25, 0.3) is 0 Å². The average Bonchev–Trinajstić information content (AvgIpc) is 3.55. The van der Waals surface area contributed by atoms with Crippen LogP contribution in [0.4, 0.5) is 0 Å². The van der Waals surface area contributed by atoms with Crippen LogP contribution in [0.2, 0.25) is 0 Å². The molecule has 10 aromatic carbocycles. The second-order valence-electron chi connectivity index (χ2n) is 23.5. The molecule has 0 unspecified atom stereocenters. The Kier molecular flexibility index (Phi) is 13.0. The Balaban J connectivity index is 0.000000114. The van der Waals surface area contributed by atoms with Gasteiger partial charge in [-0.2, -0.15) is 9.13 Å². The fourth-order valence-corrected chi connectivity index (χ4v) is 13.6. The van der Waals surface area contributed by atoms with Crippen LogP contribution in [0.25, 0.3) is 137 Å². The largest absolute Gasteiger partial charge is 0.339 e. The van der Waals surface area contributed by atoms with Crippen LogP contribution in [0.3, 0.4) is 0 Å². The molecule has 0 bridgehead atoms. The van der Waals surface area contributed by atoms with E-state index in [0.717, 1.165) is 0 Å². The number of fused-ring (bicyclic) bond motifs is 15. The number of aromatic nitrogens is 6. The quantitative estimate of drug-likeness (QED) is 0.157. The number of pyridine rings is 3. The SMILES string of the molecule is Cc1ccc(-c2cc3c4c5ccccc5ccc4n(C)c3c[n+]2C)c(C)c1.Cc1ccc2c(ccc3c2c2c[n+](C)c(-c4ccccc4C)cc2n3-c2ccccc2)c1.Cc1ccccc1-c1cc2c3c4ccccc4ccc3n(C)c2c[n+]1C. The van der Waals surface area contributed by atoms with Crippen LogP contribution in [0.5, 0.6) is 0 Å². The minimum Gasteiger partial charge on any atom is -0.339 e. The van der Waals surface area contributed by atoms with Crippen molar-refractivity contribution in [3.05, 3.63) is 265 Å². The summed E-state index contributed by atoms with van der Waals surface area (Å²) in [4.78, 5) is 0. The Bertz CT molecular complexity index is 5360. The normalized spacial score (nSPS) is 11.6. The molecule has 0 aliphatic carbocycles. The summed E-state index contributed by atoms with van der Waals surface area (Å²) in [7, 11) is 10.8. The molecular weight excluding hydrogens is 1030 g/mol. The standard InChI is InChI=1S/C30H25N2.C25H23N2.C24H21N2/c1-20-13-15-25-22(17-20)14-16-27-30(25)26-19-31(3)28(24-12-8-7-9-21(24)2)18-29(26)32(27)23-10-5-4-6-11-23;1-16-9-11-19(17(2)13-16)23-14-21-24(15-26(23)3)27(4)22-12-10-18-7-5-6-8-20(18)25(21)22;1-16-8-4-6-10-18(16)22-14-20-23(15-25(22)2)26(3)21-13-12-17-9-5-7-11-19(17)24(20)21/h4-19H,1-3H3;5-15H,1-4H3;4-15H,1-3H3/q3*+1. The second kappa shape index (κ2) is 20.9. The lowest BCUT2D eigenvalue weighted by atomic mass is 10.00. The fourth-order valence-electron chi connectivity index (χ4n) is 13.6. The summed E-state index contributed by atoms with van der Waals surface area (Å²) in [5.41, 5.74) is 22.8. The first-order valence-electron chi connectivity index (χ1n) is 29.5. The zero-order valence-corrected chi connectivity index (χ0v) is 50.2. The lowest BCUT2D eigenvalue weighted by molar-refractivity contribution is -0.659. The van der Waals surface area contributed by atoms with E-state index in [9.17, 15) is 0 Å². The average molecular weight is 1100 g/mol. The van der Waals surface area contributed by atoms with Crippen LogP contribution in [-0.2, 0) is 35.2 Å². The molecule has 6 nitrogen and oxygen atoms in total. The van der Waals surface area contributed by atoms with Crippen molar-refractivity contribution >= 4 is 97.7 Å². The molecule has 0 saturated heterocycles. The van der Waals surface area contributed by atoms with Crippen LogP contribution in [0, 0.1) is 34.6 Å². The Hall–Kier alpha value is -10.2. The maximum absolute atomic E-state index is 2.41. The van der Waals surface area contributed by atoms with Crippen molar-refractivity contribution in [2.24, 2.45) is 35.2 Å². The highest BCUT2D eigenvalue weighted by Crippen LogP contribution is 2.40. The van der Waals surface area contributed by atoms with E-state index in [-0.39, 0.29) is 0 Å². The molecule has 85 heavy (non-hydrogen) atoms. The molecule has 0 atom stereocenters. The predicted molar refractivity (Wildman–Crippen MR) is 358 cm³/mol. The van der Waals surface area contributed by atoms with Crippen molar-refractivity contribution in [2.45, 2.75) is 34.6 Å². The number of aryl methyl sites for hydroxylation is 10. The molecule has 0 N–H and O–H groups in total. The van der Waals surface area contributed by atoms with E-state index in [1.807, 2.05) is 0 Å². The van der Waals surface area contributed by atoms with E-state index < -0.39 is 0 Å². The van der Waals surface area contributed by atoms with Gasteiger partial charge in [0.1, 0.15) is 32.2 Å². The number of rotatable bonds is 4. The van der Waals surface area contributed by atoms with Gasteiger partial charge in [-0.25, -0.2) is 4.57 Å². The van der Waals surface area contributed by atoms with Crippen molar-refractivity contribution in [1.29, 1.82) is 0 Å². The van der Waals surface area contributed by atoms with Gasteiger partial charge in [-0.15, -0.1) is 0 Å². The molecule has 6 heteroatoms. The van der Waals surface area contributed by atoms with Crippen LogP contribution >= 0.6 is 0 Å². The van der Waals surface area contributed by atoms with E-state index in [2.05, 4.69) is 334 Å². The minimum atomic E-state index is 1.18. The van der Waals surface area contributed by atoms with Crippen LogP contribution in [0.1, 0.15) is 27.8 Å². The van der Waals surface area contributed by atoms with Gasteiger partial charge in [-0.05, 0) is 132 Å². The third-order valence-corrected chi connectivity index (χ3v) is 18.0. The molecule has 0 aliphatic rings. The zero-order chi connectivity index (χ0) is 58.4. The molecule has 6 heterocycles. The summed E-state index contributed by atoms with van der Waals surface area (Å²) >= 11 is 0. The molecule has 0 aliphatic heterocycles. The van der Waals surface area contributed by atoms with Gasteiger partial charge in [-0.3, -0.25) is 0 Å². The number of benzene rings is 10. The van der Waals surface area contributed by atoms with E-state index in [0.29, 0.717) is 0 Å². The number of hydrogen-bond donors (Lipinski definition) is 0. The summed E-state index contributed by atoms with van der Waals surface area (Å²) in [5.74, 6) is 0. The molecule has 0 fully saturated rings. The summed E-state index contributed by atoms with van der Waals surface area (Å²) in [5, 5.41) is 15.7. The molecule has 16 rings (SSSR count). The van der Waals surface area contributed by atoms with Gasteiger partial charge in [0.05, 0.1) is 16.4 Å². The fraction of sp³-hybridized carbons (Fsp3) is 0.127. The molecule has 6 aromatic heterocycles. The van der Waals surface area contributed by atoms with Crippen molar-refractivity contribution < 1.29 is 13.7 Å². The number of para-hydroxylation sites is 1. The van der Waals surface area contributed by atoms with Gasteiger partial charge in [-0.1, -0.05) is 163 Å². The maximum Gasteiger partial charge on any atom is 0.214 e. The summed E-state index contributed by atoms with van der Waals surface area (Å²) in [6.07, 6.45) is 6.82. The summed E-state index contributed by atoms with van der Waals surface area (Å²) < 4.78 is 13.8. The highest BCUT2D eigenvalue weighted by atomic mass is 15.0. The van der Waals surface area contributed by atoms with Crippen LogP contribution in [-0.4, -0.2) is 13.7 Å². The van der Waals surface area contributed by atoms with E-state index >= 15 is 0 Å². The number of hydrogen-bond acceptors (Lipinski definition) is 0. The second-order valence-corrected chi connectivity index (χ2v) is 23.5. The topological polar surface area (TPSA) is 26.4 Å². The van der Waals surface area contributed by atoms with Crippen molar-refractivity contribution in [1.82, 2.24) is 13.7 Å². The Labute approximate surface area is 496 Å². The van der Waals surface area contributed by atoms with Crippen LogP contribution in [0.15, 0.2) is 237 Å². The Morgan fingerprint density at radius 3 is 1.28 bits per heavy atom. The molecular formula is C79H69N6+3. The molecule has 0 spiro atoms. The van der Waals surface area contributed by atoms with E-state index in [1.54, 1.807) is 0 Å². The van der Waals surface area contributed by atoms with Gasteiger partial charge in [0.2, 0.25) is 17.1 Å². The Morgan fingerprint density at radius 1 is 0.282 bits per heavy atom. The van der Waals surface area contributed by atoms with Gasteiger partial charge in [0, 0.05) is 92.6 Å². The summed E-state index contributed by atoms with van der Waals surface area (Å²) in [6.45, 7) is 10.9.